The number of ether oxygens (including phenoxy) is 1. The summed E-state index contributed by atoms with van der Waals surface area (Å²) in [6.45, 7) is 1.85. The maximum absolute atomic E-state index is 15.1. The van der Waals surface area contributed by atoms with Crippen LogP contribution in [-0.4, -0.2) is 40.0 Å². The van der Waals surface area contributed by atoms with Crippen molar-refractivity contribution in [1.82, 2.24) is 19.9 Å². The third kappa shape index (κ3) is 5.63. The minimum Gasteiger partial charge on any atom is -0.371 e. The first-order valence-corrected chi connectivity index (χ1v) is 15.7. The van der Waals surface area contributed by atoms with Crippen molar-refractivity contribution in [3.63, 3.8) is 0 Å². The molecule has 2 atom stereocenters. The largest absolute Gasteiger partial charge is 0.371 e. The Morgan fingerprint density at radius 3 is 2.77 bits per heavy atom. The Labute approximate surface area is 261 Å². The van der Waals surface area contributed by atoms with E-state index in [-0.39, 0.29) is 29.5 Å². The Morgan fingerprint density at radius 1 is 1.07 bits per heavy atom. The highest BCUT2D eigenvalue weighted by Gasteiger charge is 2.26. The van der Waals surface area contributed by atoms with Crippen molar-refractivity contribution in [2.45, 2.75) is 23.5 Å². The number of halogens is 3. The maximum atomic E-state index is 15.1. The van der Waals surface area contributed by atoms with Gasteiger partial charge in [0.2, 0.25) is 5.95 Å². The standard InChI is InChI=1S/C32H26Cl2FN5O2S/c33-20-5-7-23(26(34)13-20)25-12-19-15-37-32(38-21-6-8-24(27(35)14-21)28-16-36-9-10-42-28)39-30(19)40(31(25)41)22-11-18-3-1-2-4-29(18)43-17-22/h1-8,12-15,22,28,36H,9-11,16-17H2,(H,37,38,39). The van der Waals surface area contributed by atoms with E-state index < -0.39 is 0 Å². The Balaban J connectivity index is 1.30. The number of pyridine rings is 1. The van der Waals surface area contributed by atoms with Crippen molar-refractivity contribution >= 4 is 57.6 Å². The van der Waals surface area contributed by atoms with Crippen LogP contribution in [0, 0.1) is 5.82 Å². The van der Waals surface area contributed by atoms with Gasteiger partial charge in [0.15, 0.2) is 0 Å². The second kappa shape index (κ2) is 11.9. The van der Waals surface area contributed by atoms with Crippen LogP contribution in [0.2, 0.25) is 10.0 Å². The predicted octanol–water partition coefficient (Wildman–Crippen LogP) is 7.20. The van der Waals surface area contributed by atoms with E-state index in [1.807, 2.05) is 12.1 Å². The lowest BCUT2D eigenvalue weighted by Crippen LogP contribution is -2.33. The number of nitrogens with zero attached hydrogens (tertiary/aromatic N) is 3. The van der Waals surface area contributed by atoms with E-state index in [0.717, 1.165) is 6.54 Å². The average Bonchev–Trinajstić information content (AvgIpc) is 3.01. The van der Waals surface area contributed by atoms with Crippen LogP contribution in [0.25, 0.3) is 22.2 Å². The van der Waals surface area contributed by atoms with Crippen LogP contribution in [0.5, 0.6) is 0 Å². The minimum atomic E-state index is -0.376. The first-order valence-electron chi connectivity index (χ1n) is 13.9. The lowest BCUT2D eigenvalue weighted by atomic mass is 10.0. The topological polar surface area (TPSA) is 81.1 Å². The maximum Gasteiger partial charge on any atom is 0.260 e. The van der Waals surface area contributed by atoms with Crippen LogP contribution in [0.4, 0.5) is 16.0 Å². The smallest absolute Gasteiger partial charge is 0.260 e. The van der Waals surface area contributed by atoms with Gasteiger partial charge in [-0.3, -0.25) is 9.36 Å². The molecule has 7 rings (SSSR count). The third-order valence-electron chi connectivity index (χ3n) is 7.75. The van der Waals surface area contributed by atoms with Gasteiger partial charge in [0.05, 0.1) is 23.8 Å². The van der Waals surface area contributed by atoms with E-state index in [2.05, 4.69) is 27.8 Å². The van der Waals surface area contributed by atoms with E-state index in [4.69, 9.17) is 32.9 Å². The Bertz CT molecular complexity index is 1910. The summed E-state index contributed by atoms with van der Waals surface area (Å²) in [6, 6.07) is 19.8. The zero-order chi connectivity index (χ0) is 29.5. The Hall–Kier alpha value is -3.47. The fourth-order valence-corrected chi connectivity index (χ4v) is 7.32. The van der Waals surface area contributed by atoms with Gasteiger partial charge in [-0.1, -0.05) is 53.5 Å². The molecule has 2 N–H and O–H groups in total. The molecule has 1 saturated heterocycles. The number of anilines is 2. The van der Waals surface area contributed by atoms with E-state index in [1.54, 1.807) is 58.9 Å². The van der Waals surface area contributed by atoms with Gasteiger partial charge in [-0.15, -0.1) is 11.8 Å². The van der Waals surface area contributed by atoms with Crippen LogP contribution in [0.15, 0.2) is 82.6 Å². The molecule has 0 aliphatic carbocycles. The molecule has 2 aliphatic heterocycles. The molecule has 0 spiro atoms. The van der Waals surface area contributed by atoms with Crippen molar-refractivity contribution in [2.75, 3.05) is 30.8 Å². The summed E-state index contributed by atoms with van der Waals surface area (Å²) < 4.78 is 22.5. The van der Waals surface area contributed by atoms with Crippen molar-refractivity contribution in [3.8, 4) is 11.1 Å². The lowest BCUT2D eigenvalue weighted by Gasteiger charge is -2.27. The molecule has 0 amide bonds. The fourth-order valence-electron chi connectivity index (χ4n) is 5.66. The highest BCUT2D eigenvalue weighted by atomic mass is 35.5. The van der Waals surface area contributed by atoms with Crippen LogP contribution < -0.4 is 16.2 Å². The predicted molar refractivity (Wildman–Crippen MR) is 170 cm³/mol. The van der Waals surface area contributed by atoms with Gasteiger partial charge in [-0.2, -0.15) is 4.98 Å². The number of rotatable bonds is 5. The van der Waals surface area contributed by atoms with Crippen molar-refractivity contribution < 1.29 is 9.13 Å². The quantitative estimate of drug-likeness (QED) is 0.212. The summed E-state index contributed by atoms with van der Waals surface area (Å²) >= 11 is 14.4. The number of fused-ring (bicyclic) bond motifs is 2. The van der Waals surface area contributed by atoms with E-state index in [0.29, 0.717) is 68.8 Å². The van der Waals surface area contributed by atoms with Gasteiger partial charge in [0, 0.05) is 62.7 Å². The molecule has 3 aromatic carbocycles. The van der Waals surface area contributed by atoms with Gasteiger partial charge in [0.25, 0.3) is 5.56 Å². The number of benzene rings is 3. The SMILES string of the molecule is O=c1c(-c2ccc(Cl)cc2Cl)cc2cnc(Nc3ccc(C4CNCCO4)c(F)c3)nc2n1C1CSc2ccccc2C1. The van der Waals surface area contributed by atoms with E-state index in [1.165, 1.54) is 16.5 Å². The van der Waals surface area contributed by atoms with Gasteiger partial charge in [-0.05, 0) is 48.4 Å². The molecule has 0 radical (unpaired) electrons. The lowest BCUT2D eigenvalue weighted by molar-refractivity contribution is 0.0255. The van der Waals surface area contributed by atoms with Gasteiger partial charge in [0.1, 0.15) is 11.5 Å². The molecule has 7 nitrogen and oxygen atoms in total. The normalized spacial score (nSPS) is 18.4. The molecule has 43 heavy (non-hydrogen) atoms. The van der Waals surface area contributed by atoms with Crippen LogP contribution in [0.1, 0.15) is 23.3 Å². The second-order valence-electron chi connectivity index (χ2n) is 10.5. The summed E-state index contributed by atoms with van der Waals surface area (Å²) in [6.07, 6.45) is 2.01. The summed E-state index contributed by atoms with van der Waals surface area (Å²) in [5.74, 6) is 0.574. The van der Waals surface area contributed by atoms with Crippen molar-refractivity contribution in [1.29, 1.82) is 0 Å². The number of aromatic nitrogens is 3. The number of hydrogen-bond acceptors (Lipinski definition) is 7. The van der Waals surface area contributed by atoms with E-state index >= 15 is 4.39 Å². The van der Waals surface area contributed by atoms with Crippen molar-refractivity contribution in [2.24, 2.45) is 0 Å². The number of nitrogens with one attached hydrogen (secondary N) is 2. The highest BCUT2D eigenvalue weighted by molar-refractivity contribution is 7.99. The summed E-state index contributed by atoms with van der Waals surface area (Å²) in [5, 5.41) is 7.90. The first-order chi connectivity index (χ1) is 20.9. The van der Waals surface area contributed by atoms with Gasteiger partial charge < -0.3 is 15.4 Å². The number of thioether (sulfide) groups is 1. The molecule has 11 heteroatoms. The molecular weight excluding hydrogens is 608 g/mol. The molecule has 0 bridgehead atoms. The first kappa shape index (κ1) is 28.3. The number of morpholine rings is 1. The third-order valence-corrected chi connectivity index (χ3v) is 9.56. The summed E-state index contributed by atoms with van der Waals surface area (Å²) in [7, 11) is 0. The van der Waals surface area contributed by atoms with Crippen molar-refractivity contribution in [3.05, 3.63) is 110 Å². The molecule has 2 unspecified atom stereocenters. The zero-order valence-corrected chi connectivity index (χ0v) is 25.1. The molecule has 2 aromatic heterocycles. The number of hydrogen-bond donors (Lipinski definition) is 2. The monoisotopic (exact) mass is 633 g/mol. The molecular formula is C32H26Cl2FN5O2S. The Kier molecular flexibility index (Phi) is 7.83. The van der Waals surface area contributed by atoms with E-state index in [9.17, 15) is 4.79 Å². The van der Waals surface area contributed by atoms with Gasteiger partial charge in [-0.25, -0.2) is 9.37 Å². The second-order valence-corrected chi connectivity index (χ2v) is 12.4. The highest BCUT2D eigenvalue weighted by Crippen LogP contribution is 2.37. The molecule has 4 heterocycles. The molecule has 5 aromatic rings. The van der Waals surface area contributed by atoms with Crippen LogP contribution in [-0.2, 0) is 11.2 Å². The molecule has 2 aliphatic rings. The molecule has 1 fully saturated rings. The Morgan fingerprint density at radius 2 is 1.95 bits per heavy atom. The fraction of sp³-hybridized carbons (Fsp3) is 0.219. The van der Waals surface area contributed by atoms with Crippen LogP contribution >= 0.6 is 35.0 Å². The van der Waals surface area contributed by atoms with Gasteiger partial charge >= 0.3 is 0 Å². The summed E-state index contributed by atoms with van der Waals surface area (Å²) in [5.41, 5.74) is 3.48. The molecule has 0 saturated carbocycles. The van der Waals surface area contributed by atoms with Crippen LogP contribution in [0.3, 0.4) is 0 Å². The molecule has 218 valence electrons. The minimum absolute atomic E-state index is 0.162. The summed E-state index contributed by atoms with van der Waals surface area (Å²) in [4.78, 5) is 24.8. The average molecular weight is 635 g/mol. The zero-order valence-electron chi connectivity index (χ0n) is 22.8.